The first-order valence-corrected chi connectivity index (χ1v) is 9.84. The number of nitrogens with two attached hydrogens (primary N) is 1. The van der Waals surface area contributed by atoms with Gasteiger partial charge in [0, 0.05) is 23.6 Å². The quantitative estimate of drug-likeness (QED) is 0.251. The zero-order valence-corrected chi connectivity index (χ0v) is 15.8. The molecule has 4 N–H and O–H groups in total. The van der Waals surface area contributed by atoms with E-state index in [1.54, 1.807) is 24.3 Å². The number of oxime groups is 1. The van der Waals surface area contributed by atoms with E-state index < -0.39 is 16.0 Å². The van der Waals surface area contributed by atoms with Crippen molar-refractivity contribution >= 4 is 32.7 Å². The maximum Gasteiger partial charge on any atom is 0.303 e. The van der Waals surface area contributed by atoms with E-state index in [1.165, 1.54) is 24.4 Å². The Morgan fingerprint density at radius 2 is 1.82 bits per heavy atom. The van der Waals surface area contributed by atoms with Crippen LogP contribution in [0, 0.1) is 6.92 Å². The molecular formula is C19H19N3O5S. The van der Waals surface area contributed by atoms with Crippen molar-refractivity contribution in [1.82, 2.24) is 3.97 Å². The third-order valence-corrected chi connectivity index (χ3v) is 6.16. The Balaban J connectivity index is 2.27. The Bertz CT molecular complexity index is 1180. The standard InChI is InChI=1S/C19H19N3O5S/c1-12-2-6-14(7-3-12)28(26,27)22-11-10-15-13(5-9-17(23)24)4-8-16(18(15)22)19(20)21-25/h2-4,6-8,10-11,25H,5,9H2,1H3,(H2,20,21)(H,23,24). The van der Waals surface area contributed by atoms with E-state index in [2.05, 4.69) is 5.16 Å². The number of fused-ring (bicyclic) bond motifs is 1. The molecule has 3 aromatic rings. The van der Waals surface area contributed by atoms with E-state index in [4.69, 9.17) is 16.0 Å². The molecule has 0 aliphatic rings. The summed E-state index contributed by atoms with van der Waals surface area (Å²) in [6.07, 6.45) is 1.50. The summed E-state index contributed by atoms with van der Waals surface area (Å²) in [5.41, 5.74) is 7.81. The first-order valence-electron chi connectivity index (χ1n) is 8.40. The number of nitrogens with zero attached hydrogens (tertiary/aromatic N) is 2. The number of carboxylic acid groups (broad SMARTS) is 1. The molecule has 1 aromatic heterocycles. The molecule has 0 aliphatic carbocycles. The van der Waals surface area contributed by atoms with Crippen LogP contribution < -0.4 is 5.73 Å². The summed E-state index contributed by atoms with van der Waals surface area (Å²) in [5, 5.41) is 21.6. The van der Waals surface area contributed by atoms with E-state index in [0.717, 1.165) is 9.54 Å². The summed E-state index contributed by atoms with van der Waals surface area (Å²) in [6, 6.07) is 11.2. The molecule has 0 radical (unpaired) electrons. The fourth-order valence-electron chi connectivity index (χ4n) is 3.03. The molecule has 0 atom stereocenters. The Morgan fingerprint density at radius 1 is 1.14 bits per heavy atom. The maximum absolute atomic E-state index is 13.2. The normalized spacial score (nSPS) is 12.4. The number of carbonyl (C=O) groups is 1. The Hall–Kier alpha value is -3.33. The summed E-state index contributed by atoms with van der Waals surface area (Å²) < 4.78 is 27.4. The van der Waals surface area contributed by atoms with Crippen LogP contribution in [0.3, 0.4) is 0 Å². The Labute approximate surface area is 161 Å². The summed E-state index contributed by atoms with van der Waals surface area (Å²) in [6.45, 7) is 1.85. The van der Waals surface area contributed by atoms with Crippen LogP contribution in [0.15, 0.2) is 58.7 Å². The SMILES string of the molecule is Cc1ccc(S(=O)(=O)n2ccc3c(CCC(=O)O)ccc(C(N)=NO)c32)cc1. The monoisotopic (exact) mass is 401 g/mol. The van der Waals surface area contributed by atoms with Crippen molar-refractivity contribution in [2.45, 2.75) is 24.7 Å². The predicted octanol–water partition coefficient (Wildman–Crippen LogP) is 2.30. The average molecular weight is 401 g/mol. The summed E-state index contributed by atoms with van der Waals surface area (Å²) in [5.74, 6) is -1.20. The van der Waals surface area contributed by atoms with Gasteiger partial charge in [-0.3, -0.25) is 4.79 Å². The second kappa shape index (κ2) is 7.35. The third kappa shape index (κ3) is 3.44. The lowest BCUT2D eigenvalue weighted by Gasteiger charge is -2.12. The highest BCUT2D eigenvalue weighted by Crippen LogP contribution is 2.29. The van der Waals surface area contributed by atoms with Crippen molar-refractivity contribution in [3.63, 3.8) is 0 Å². The minimum absolute atomic E-state index is 0.0944. The third-order valence-electron chi connectivity index (χ3n) is 4.47. The van der Waals surface area contributed by atoms with E-state index in [9.17, 15) is 13.2 Å². The van der Waals surface area contributed by atoms with Crippen molar-refractivity contribution in [2.24, 2.45) is 10.9 Å². The first kappa shape index (κ1) is 19.4. The van der Waals surface area contributed by atoms with Gasteiger partial charge in [-0.25, -0.2) is 12.4 Å². The van der Waals surface area contributed by atoms with Gasteiger partial charge < -0.3 is 16.0 Å². The van der Waals surface area contributed by atoms with Gasteiger partial charge >= 0.3 is 5.97 Å². The largest absolute Gasteiger partial charge is 0.481 e. The van der Waals surface area contributed by atoms with Crippen LogP contribution in [0.5, 0.6) is 0 Å². The van der Waals surface area contributed by atoms with Gasteiger partial charge in [-0.2, -0.15) is 0 Å². The Kier molecular flexibility index (Phi) is 5.10. The van der Waals surface area contributed by atoms with Crippen LogP contribution in [0.1, 0.15) is 23.1 Å². The van der Waals surface area contributed by atoms with Gasteiger partial charge in [0.05, 0.1) is 10.4 Å². The van der Waals surface area contributed by atoms with Gasteiger partial charge in [-0.15, -0.1) is 0 Å². The van der Waals surface area contributed by atoms with Gasteiger partial charge in [0.1, 0.15) is 0 Å². The zero-order valence-electron chi connectivity index (χ0n) is 15.0. The van der Waals surface area contributed by atoms with Crippen LogP contribution in [0.4, 0.5) is 0 Å². The molecule has 0 unspecified atom stereocenters. The van der Waals surface area contributed by atoms with Gasteiger partial charge in [0.2, 0.25) is 0 Å². The average Bonchev–Trinajstić information content (AvgIpc) is 3.12. The molecule has 1 heterocycles. The molecule has 0 saturated heterocycles. The van der Waals surface area contributed by atoms with E-state index >= 15 is 0 Å². The predicted molar refractivity (Wildman–Crippen MR) is 104 cm³/mol. The van der Waals surface area contributed by atoms with Crippen molar-refractivity contribution in [2.75, 3.05) is 0 Å². The van der Waals surface area contributed by atoms with Crippen LogP contribution in [0.2, 0.25) is 0 Å². The molecule has 0 fully saturated rings. The molecule has 146 valence electrons. The van der Waals surface area contributed by atoms with Crippen LogP contribution in [0.25, 0.3) is 10.9 Å². The molecule has 28 heavy (non-hydrogen) atoms. The fraction of sp³-hybridized carbons (Fsp3) is 0.158. The molecule has 0 saturated carbocycles. The highest BCUT2D eigenvalue weighted by molar-refractivity contribution is 7.90. The fourth-order valence-corrected chi connectivity index (χ4v) is 4.40. The number of aliphatic carboxylic acids is 1. The van der Waals surface area contributed by atoms with Crippen molar-refractivity contribution in [1.29, 1.82) is 0 Å². The topological polar surface area (TPSA) is 135 Å². The molecule has 0 spiro atoms. The van der Waals surface area contributed by atoms with Crippen LogP contribution >= 0.6 is 0 Å². The molecule has 0 amide bonds. The highest BCUT2D eigenvalue weighted by atomic mass is 32.2. The van der Waals surface area contributed by atoms with Crippen molar-refractivity contribution in [3.05, 3.63) is 65.4 Å². The molecular weight excluding hydrogens is 382 g/mol. The van der Waals surface area contributed by atoms with E-state index in [-0.39, 0.29) is 34.7 Å². The number of hydrogen-bond acceptors (Lipinski definition) is 5. The number of hydrogen-bond donors (Lipinski definition) is 3. The van der Waals surface area contributed by atoms with Gasteiger partial charge in [0.15, 0.2) is 5.84 Å². The number of aryl methyl sites for hydroxylation is 2. The van der Waals surface area contributed by atoms with E-state index in [0.29, 0.717) is 10.9 Å². The molecule has 0 bridgehead atoms. The second-order valence-electron chi connectivity index (χ2n) is 6.34. The summed E-state index contributed by atoms with van der Waals surface area (Å²) in [4.78, 5) is 11.0. The lowest BCUT2D eigenvalue weighted by Crippen LogP contribution is -2.18. The molecule has 8 nitrogen and oxygen atoms in total. The van der Waals surface area contributed by atoms with E-state index in [1.807, 2.05) is 6.92 Å². The molecule has 9 heteroatoms. The van der Waals surface area contributed by atoms with Gasteiger partial charge in [-0.05, 0) is 43.2 Å². The van der Waals surface area contributed by atoms with Gasteiger partial charge in [-0.1, -0.05) is 28.9 Å². The number of benzene rings is 2. The van der Waals surface area contributed by atoms with Crippen LogP contribution in [-0.2, 0) is 21.2 Å². The highest BCUT2D eigenvalue weighted by Gasteiger charge is 2.23. The number of carboxylic acids is 1. The van der Waals surface area contributed by atoms with Crippen molar-refractivity contribution in [3.8, 4) is 0 Å². The number of aromatic nitrogens is 1. The minimum Gasteiger partial charge on any atom is -0.481 e. The van der Waals surface area contributed by atoms with Gasteiger partial charge in [0.25, 0.3) is 10.0 Å². The zero-order chi connectivity index (χ0) is 20.5. The lowest BCUT2D eigenvalue weighted by molar-refractivity contribution is -0.136. The molecule has 0 aliphatic heterocycles. The maximum atomic E-state index is 13.2. The lowest BCUT2D eigenvalue weighted by atomic mass is 10.0. The smallest absolute Gasteiger partial charge is 0.303 e. The molecule has 3 rings (SSSR count). The van der Waals surface area contributed by atoms with Crippen molar-refractivity contribution < 1.29 is 23.5 Å². The summed E-state index contributed by atoms with van der Waals surface area (Å²) in [7, 11) is -3.94. The number of amidine groups is 1. The first-order chi connectivity index (χ1) is 13.3. The second-order valence-corrected chi connectivity index (χ2v) is 8.16. The minimum atomic E-state index is -3.94. The number of rotatable bonds is 6. The summed E-state index contributed by atoms with van der Waals surface area (Å²) >= 11 is 0. The molecule has 2 aromatic carbocycles. The van der Waals surface area contributed by atoms with Crippen LogP contribution in [-0.4, -0.2) is 34.5 Å². The Morgan fingerprint density at radius 3 is 2.43 bits per heavy atom.